The van der Waals surface area contributed by atoms with E-state index >= 15 is 0 Å². The quantitative estimate of drug-likeness (QED) is 0.463. The Morgan fingerprint density at radius 1 is 1.70 bits per heavy atom. The molecule has 1 aromatic heterocycles. The average molecular weight is 141 g/mol. The second-order valence-corrected chi connectivity index (χ2v) is 1.68. The van der Waals surface area contributed by atoms with Gasteiger partial charge in [0.05, 0.1) is 11.8 Å². The fraction of sp³-hybridized carbons (Fsp3) is 0. The maximum absolute atomic E-state index is 12.2. The van der Waals surface area contributed by atoms with Crippen LogP contribution in [0.15, 0.2) is 12.3 Å². The van der Waals surface area contributed by atoms with Gasteiger partial charge in [0.1, 0.15) is 5.75 Å². The van der Waals surface area contributed by atoms with Gasteiger partial charge in [-0.15, -0.1) is 0 Å². The molecule has 0 aliphatic heterocycles. The number of carbonyl (C=O) groups excluding carboxylic acids is 1. The summed E-state index contributed by atoms with van der Waals surface area (Å²) in [5.41, 5.74) is -0.0903. The third-order valence-electron chi connectivity index (χ3n) is 1.01. The Morgan fingerprint density at radius 3 is 2.90 bits per heavy atom. The van der Waals surface area contributed by atoms with E-state index in [9.17, 15) is 9.18 Å². The minimum Gasteiger partial charge on any atom is -0.506 e. The van der Waals surface area contributed by atoms with E-state index in [1.54, 1.807) is 0 Å². The van der Waals surface area contributed by atoms with Crippen LogP contribution in [-0.4, -0.2) is 16.4 Å². The standard InChI is InChI=1S/C6H4FNO2/c7-6-1-4(3-9)5(10)2-8-6/h1-3,10H. The number of hydrogen-bond donors (Lipinski definition) is 1. The first kappa shape index (κ1) is 6.67. The highest BCUT2D eigenvalue weighted by Gasteiger charge is 2.00. The van der Waals surface area contributed by atoms with Crippen molar-refractivity contribution in [1.82, 2.24) is 4.98 Å². The number of carbonyl (C=O) groups is 1. The van der Waals surface area contributed by atoms with Crippen molar-refractivity contribution in [3.63, 3.8) is 0 Å². The molecular formula is C6H4FNO2. The van der Waals surface area contributed by atoms with Crippen molar-refractivity contribution in [2.24, 2.45) is 0 Å². The number of nitrogens with zero attached hydrogens (tertiary/aromatic N) is 1. The fourth-order valence-corrected chi connectivity index (χ4v) is 0.531. The first-order chi connectivity index (χ1) is 4.74. The third kappa shape index (κ3) is 1.10. The molecule has 52 valence electrons. The van der Waals surface area contributed by atoms with E-state index < -0.39 is 5.95 Å². The second kappa shape index (κ2) is 2.43. The molecule has 3 nitrogen and oxygen atoms in total. The smallest absolute Gasteiger partial charge is 0.213 e. The monoisotopic (exact) mass is 141 g/mol. The van der Waals surface area contributed by atoms with Gasteiger partial charge in [-0.05, 0) is 0 Å². The Labute approximate surface area is 56.1 Å². The van der Waals surface area contributed by atoms with Gasteiger partial charge in [-0.3, -0.25) is 4.79 Å². The van der Waals surface area contributed by atoms with Gasteiger partial charge in [-0.1, -0.05) is 0 Å². The number of pyridine rings is 1. The highest BCUT2D eigenvalue weighted by atomic mass is 19.1. The minimum atomic E-state index is -0.778. The molecular weight excluding hydrogens is 137 g/mol. The number of aromatic hydroxyl groups is 1. The predicted molar refractivity (Wildman–Crippen MR) is 31.2 cm³/mol. The van der Waals surface area contributed by atoms with Gasteiger partial charge in [0.25, 0.3) is 0 Å². The lowest BCUT2D eigenvalue weighted by Gasteiger charge is -1.93. The Morgan fingerprint density at radius 2 is 2.40 bits per heavy atom. The molecule has 0 aromatic carbocycles. The molecule has 0 saturated carbocycles. The molecule has 1 rings (SSSR count). The molecule has 4 heteroatoms. The van der Waals surface area contributed by atoms with E-state index in [1.165, 1.54) is 0 Å². The molecule has 10 heavy (non-hydrogen) atoms. The Kier molecular flexibility index (Phi) is 1.62. The van der Waals surface area contributed by atoms with Gasteiger partial charge < -0.3 is 5.11 Å². The highest BCUT2D eigenvalue weighted by molar-refractivity contribution is 5.78. The van der Waals surface area contributed by atoms with Crippen LogP contribution >= 0.6 is 0 Å². The van der Waals surface area contributed by atoms with Gasteiger partial charge in [0, 0.05) is 6.07 Å². The number of hydrogen-bond acceptors (Lipinski definition) is 3. The van der Waals surface area contributed by atoms with Crippen LogP contribution < -0.4 is 0 Å². The van der Waals surface area contributed by atoms with E-state index in [0.29, 0.717) is 6.29 Å². The number of aromatic nitrogens is 1. The zero-order chi connectivity index (χ0) is 7.56. The van der Waals surface area contributed by atoms with Crippen molar-refractivity contribution < 1.29 is 14.3 Å². The molecule has 1 N–H and O–H groups in total. The molecule has 0 fully saturated rings. The topological polar surface area (TPSA) is 50.2 Å². The summed E-state index contributed by atoms with van der Waals surface area (Å²) in [6.45, 7) is 0. The van der Waals surface area contributed by atoms with E-state index in [2.05, 4.69) is 4.98 Å². The summed E-state index contributed by atoms with van der Waals surface area (Å²) in [4.78, 5) is 13.1. The van der Waals surface area contributed by atoms with Gasteiger partial charge in [0.2, 0.25) is 5.95 Å². The summed E-state index contributed by atoms with van der Waals surface area (Å²) in [5.74, 6) is -1.09. The molecule has 0 radical (unpaired) electrons. The number of halogens is 1. The van der Waals surface area contributed by atoms with Gasteiger partial charge >= 0.3 is 0 Å². The average Bonchev–Trinajstić information content (AvgIpc) is 1.94. The van der Waals surface area contributed by atoms with Crippen molar-refractivity contribution in [3.05, 3.63) is 23.8 Å². The maximum Gasteiger partial charge on any atom is 0.213 e. The minimum absolute atomic E-state index is 0.0903. The number of aldehydes is 1. The van der Waals surface area contributed by atoms with Crippen LogP contribution in [-0.2, 0) is 0 Å². The fourth-order valence-electron chi connectivity index (χ4n) is 0.531. The van der Waals surface area contributed by atoms with Crippen molar-refractivity contribution in [3.8, 4) is 5.75 Å². The third-order valence-corrected chi connectivity index (χ3v) is 1.01. The van der Waals surface area contributed by atoms with Crippen molar-refractivity contribution in [2.75, 3.05) is 0 Å². The van der Waals surface area contributed by atoms with E-state index in [0.717, 1.165) is 12.3 Å². The molecule has 0 amide bonds. The Balaban J connectivity index is 3.21. The van der Waals surface area contributed by atoms with Crippen LogP contribution in [0.3, 0.4) is 0 Å². The molecule has 0 unspecified atom stereocenters. The molecule has 0 spiro atoms. The van der Waals surface area contributed by atoms with Crippen LogP contribution in [0.4, 0.5) is 4.39 Å². The zero-order valence-corrected chi connectivity index (χ0v) is 4.91. The first-order valence-corrected chi connectivity index (χ1v) is 2.53. The maximum atomic E-state index is 12.2. The van der Waals surface area contributed by atoms with Gasteiger partial charge in [-0.25, -0.2) is 4.98 Å². The normalized spacial score (nSPS) is 9.30. The van der Waals surface area contributed by atoms with E-state index in [-0.39, 0.29) is 11.3 Å². The molecule has 0 bridgehead atoms. The van der Waals surface area contributed by atoms with Crippen molar-refractivity contribution in [1.29, 1.82) is 0 Å². The summed E-state index contributed by atoms with van der Waals surface area (Å²) in [5, 5.41) is 8.77. The lowest BCUT2D eigenvalue weighted by Crippen LogP contribution is -1.86. The Bertz CT molecular complexity index is 262. The van der Waals surface area contributed by atoms with E-state index in [1.807, 2.05) is 0 Å². The second-order valence-electron chi connectivity index (χ2n) is 1.68. The van der Waals surface area contributed by atoms with Gasteiger partial charge in [-0.2, -0.15) is 4.39 Å². The molecule has 0 aliphatic carbocycles. The predicted octanol–water partition coefficient (Wildman–Crippen LogP) is 0.739. The zero-order valence-electron chi connectivity index (χ0n) is 4.91. The summed E-state index contributed by atoms with van der Waals surface area (Å²) in [7, 11) is 0. The molecule has 0 atom stereocenters. The SMILES string of the molecule is O=Cc1cc(F)ncc1O. The molecule has 0 aliphatic rings. The Hall–Kier alpha value is -1.45. The van der Waals surface area contributed by atoms with E-state index in [4.69, 9.17) is 5.11 Å². The summed E-state index contributed by atoms with van der Waals surface area (Å²) in [6.07, 6.45) is 1.25. The van der Waals surface area contributed by atoms with Crippen LogP contribution in [0.25, 0.3) is 0 Å². The van der Waals surface area contributed by atoms with Crippen LogP contribution in [0.1, 0.15) is 10.4 Å². The lowest BCUT2D eigenvalue weighted by atomic mass is 10.3. The summed E-state index contributed by atoms with van der Waals surface area (Å²) in [6, 6.07) is 0.863. The first-order valence-electron chi connectivity index (χ1n) is 2.53. The summed E-state index contributed by atoms with van der Waals surface area (Å²) >= 11 is 0. The number of rotatable bonds is 1. The molecule has 1 aromatic rings. The lowest BCUT2D eigenvalue weighted by molar-refractivity contribution is 0.112. The van der Waals surface area contributed by atoms with Crippen LogP contribution in [0, 0.1) is 5.95 Å². The molecule has 0 saturated heterocycles. The largest absolute Gasteiger partial charge is 0.506 e. The highest BCUT2D eigenvalue weighted by Crippen LogP contribution is 2.12. The van der Waals surface area contributed by atoms with Crippen LogP contribution in [0.5, 0.6) is 5.75 Å². The van der Waals surface area contributed by atoms with Crippen molar-refractivity contribution in [2.45, 2.75) is 0 Å². The van der Waals surface area contributed by atoms with Gasteiger partial charge in [0.15, 0.2) is 6.29 Å². The van der Waals surface area contributed by atoms with Crippen molar-refractivity contribution >= 4 is 6.29 Å². The van der Waals surface area contributed by atoms with Crippen LogP contribution in [0.2, 0.25) is 0 Å². The summed E-state index contributed by atoms with van der Waals surface area (Å²) < 4.78 is 12.2. The molecule has 1 heterocycles.